The highest BCUT2D eigenvalue weighted by molar-refractivity contribution is 6.05. The minimum Gasteiger partial charge on any atom is -0.460 e. The van der Waals surface area contributed by atoms with Crippen LogP contribution in [-0.4, -0.2) is 53.8 Å². The monoisotopic (exact) mass is 380 g/mol. The van der Waals surface area contributed by atoms with Crippen molar-refractivity contribution in [2.45, 2.75) is 25.5 Å². The van der Waals surface area contributed by atoms with Gasteiger partial charge in [0.05, 0.1) is 12.6 Å². The lowest BCUT2D eigenvalue weighted by Gasteiger charge is -2.26. The lowest BCUT2D eigenvalue weighted by Crippen LogP contribution is -2.47. The molecule has 0 aromatic heterocycles. The first-order valence-electron chi connectivity index (χ1n) is 9.37. The quantitative estimate of drug-likeness (QED) is 0.569. The van der Waals surface area contributed by atoms with E-state index in [0.717, 1.165) is 16.9 Å². The molecule has 1 aliphatic heterocycles. The van der Waals surface area contributed by atoms with Gasteiger partial charge in [-0.15, -0.1) is 0 Å². The Labute approximate surface area is 164 Å². The van der Waals surface area contributed by atoms with E-state index in [1.807, 2.05) is 36.4 Å². The van der Waals surface area contributed by atoms with Gasteiger partial charge in [0.2, 0.25) is 5.91 Å². The minimum absolute atomic E-state index is 0.0383. The predicted molar refractivity (Wildman–Crippen MR) is 104 cm³/mol. The summed E-state index contributed by atoms with van der Waals surface area (Å²) >= 11 is 0. The van der Waals surface area contributed by atoms with E-state index >= 15 is 0 Å². The van der Waals surface area contributed by atoms with Crippen LogP contribution in [0.1, 0.15) is 28.8 Å². The summed E-state index contributed by atoms with van der Waals surface area (Å²) in [5.41, 5.74) is 1.38. The normalized spacial score (nSPS) is 16.5. The number of nitrogens with zero attached hydrogens (tertiary/aromatic N) is 2. The highest BCUT2D eigenvalue weighted by Gasteiger charge is 2.35. The second-order valence-electron chi connectivity index (χ2n) is 6.84. The first-order chi connectivity index (χ1) is 13.6. The number of esters is 1. The van der Waals surface area contributed by atoms with Crippen molar-refractivity contribution in [3.8, 4) is 0 Å². The number of carbonyl (C=O) groups excluding carboxylic acids is 3. The molecule has 0 spiro atoms. The van der Waals surface area contributed by atoms with Crippen LogP contribution in [0, 0.1) is 0 Å². The Morgan fingerprint density at radius 3 is 2.36 bits per heavy atom. The fraction of sp³-hybridized carbons (Fsp3) is 0.318. The molecule has 1 aliphatic rings. The van der Waals surface area contributed by atoms with Gasteiger partial charge in [-0.1, -0.05) is 48.5 Å². The van der Waals surface area contributed by atoms with Gasteiger partial charge in [0, 0.05) is 12.6 Å². The molecule has 0 unspecified atom stereocenters. The predicted octanol–water partition coefficient (Wildman–Crippen LogP) is 2.49. The molecule has 0 bridgehead atoms. The van der Waals surface area contributed by atoms with Crippen LogP contribution < -0.4 is 0 Å². The van der Waals surface area contributed by atoms with E-state index in [1.165, 1.54) is 7.05 Å². The first-order valence-corrected chi connectivity index (χ1v) is 9.37. The summed E-state index contributed by atoms with van der Waals surface area (Å²) in [6.07, 6.45) is 1.42. The summed E-state index contributed by atoms with van der Waals surface area (Å²) in [6.45, 7) is 0.874. The van der Waals surface area contributed by atoms with Crippen LogP contribution in [0.3, 0.4) is 0 Å². The molecule has 2 amide bonds. The van der Waals surface area contributed by atoms with Crippen LogP contribution >= 0.6 is 0 Å². The maximum Gasteiger partial charge on any atom is 0.320 e. The molecule has 6 heteroatoms. The summed E-state index contributed by atoms with van der Waals surface area (Å²) in [5.74, 6) is -1.01. The summed E-state index contributed by atoms with van der Waals surface area (Å²) < 4.78 is 5.32. The number of ether oxygens (including phenoxy) is 1. The van der Waals surface area contributed by atoms with Crippen LogP contribution in [-0.2, 0) is 20.9 Å². The molecular weight excluding hydrogens is 356 g/mol. The Bertz CT molecular complexity index is 823. The molecule has 1 heterocycles. The molecular formula is C22H24N2O4. The summed E-state index contributed by atoms with van der Waals surface area (Å²) in [5, 5.41) is 0. The Hall–Kier alpha value is -2.99. The number of hydrogen-bond acceptors (Lipinski definition) is 5. The Kier molecular flexibility index (Phi) is 6.55. The number of likely N-dealkylation sites (N-methyl/N-ethyl adjacent to an activating group) is 1. The standard InChI is InChI=1S/C22H24N2O4/c1-23(21(26)18-11-6-3-7-12-18)22(27)19-13-8-14-24(19)15-20(25)28-16-17-9-4-2-5-10-17/h2-7,9-12,19H,8,13-16H2,1H3/t19-/m0/s1. The molecule has 3 rings (SSSR count). The SMILES string of the molecule is CN(C(=O)c1ccccc1)C(=O)[C@@H]1CCCN1CC(=O)OCc1ccccc1. The van der Waals surface area contributed by atoms with Gasteiger partial charge in [0.15, 0.2) is 0 Å². The number of amides is 2. The molecule has 2 aromatic rings. The zero-order chi connectivity index (χ0) is 19.9. The second-order valence-corrected chi connectivity index (χ2v) is 6.84. The van der Waals surface area contributed by atoms with Crippen molar-refractivity contribution in [2.24, 2.45) is 0 Å². The Morgan fingerprint density at radius 2 is 1.68 bits per heavy atom. The number of carbonyl (C=O) groups is 3. The molecule has 1 atom stereocenters. The highest BCUT2D eigenvalue weighted by atomic mass is 16.5. The lowest BCUT2D eigenvalue weighted by atomic mass is 10.1. The van der Waals surface area contributed by atoms with Crippen molar-refractivity contribution in [1.29, 1.82) is 0 Å². The van der Waals surface area contributed by atoms with Gasteiger partial charge in [-0.2, -0.15) is 0 Å². The minimum atomic E-state index is -0.484. The number of rotatable bonds is 6. The van der Waals surface area contributed by atoms with Crippen molar-refractivity contribution in [2.75, 3.05) is 20.1 Å². The molecule has 0 radical (unpaired) electrons. The third-order valence-corrected chi connectivity index (χ3v) is 4.88. The number of likely N-dealkylation sites (tertiary alicyclic amines) is 1. The zero-order valence-corrected chi connectivity index (χ0v) is 15.9. The van der Waals surface area contributed by atoms with Gasteiger partial charge in [-0.25, -0.2) is 0 Å². The van der Waals surface area contributed by atoms with Crippen molar-refractivity contribution >= 4 is 17.8 Å². The summed E-state index contributed by atoms with van der Waals surface area (Å²) in [7, 11) is 1.49. The van der Waals surface area contributed by atoms with Crippen molar-refractivity contribution in [3.05, 3.63) is 71.8 Å². The van der Waals surface area contributed by atoms with E-state index in [1.54, 1.807) is 29.2 Å². The zero-order valence-electron chi connectivity index (χ0n) is 15.9. The van der Waals surface area contributed by atoms with Crippen molar-refractivity contribution < 1.29 is 19.1 Å². The largest absolute Gasteiger partial charge is 0.460 e. The van der Waals surface area contributed by atoms with E-state index in [9.17, 15) is 14.4 Å². The molecule has 1 fully saturated rings. The molecule has 146 valence electrons. The molecule has 0 saturated carbocycles. The Balaban J connectivity index is 1.56. The van der Waals surface area contributed by atoms with Crippen molar-refractivity contribution in [1.82, 2.24) is 9.80 Å². The first kappa shape index (κ1) is 19.8. The summed E-state index contributed by atoms with van der Waals surface area (Å²) in [4.78, 5) is 40.5. The number of imide groups is 1. The van der Waals surface area contributed by atoms with E-state index in [-0.39, 0.29) is 30.9 Å². The van der Waals surface area contributed by atoms with Gasteiger partial charge in [0.25, 0.3) is 5.91 Å². The van der Waals surface area contributed by atoms with E-state index in [4.69, 9.17) is 4.74 Å². The summed E-state index contributed by atoms with van der Waals surface area (Å²) in [6, 6.07) is 17.7. The molecule has 0 N–H and O–H groups in total. The maximum atomic E-state index is 12.8. The molecule has 28 heavy (non-hydrogen) atoms. The average Bonchev–Trinajstić information content (AvgIpc) is 3.20. The van der Waals surface area contributed by atoms with Gasteiger partial charge >= 0.3 is 5.97 Å². The number of benzene rings is 2. The topological polar surface area (TPSA) is 66.9 Å². The third kappa shape index (κ3) is 4.84. The van der Waals surface area contributed by atoms with Crippen LogP contribution in [0.25, 0.3) is 0 Å². The molecule has 2 aromatic carbocycles. The second kappa shape index (κ2) is 9.28. The maximum absolute atomic E-state index is 12.8. The average molecular weight is 380 g/mol. The smallest absolute Gasteiger partial charge is 0.320 e. The molecule has 1 saturated heterocycles. The van der Waals surface area contributed by atoms with Gasteiger partial charge in [-0.3, -0.25) is 24.2 Å². The molecule has 6 nitrogen and oxygen atoms in total. The van der Waals surface area contributed by atoms with Crippen LogP contribution in [0.15, 0.2) is 60.7 Å². The van der Waals surface area contributed by atoms with Gasteiger partial charge in [0.1, 0.15) is 6.61 Å². The van der Waals surface area contributed by atoms with Crippen LogP contribution in [0.4, 0.5) is 0 Å². The van der Waals surface area contributed by atoms with Crippen molar-refractivity contribution in [3.63, 3.8) is 0 Å². The van der Waals surface area contributed by atoms with Gasteiger partial charge < -0.3 is 4.74 Å². The fourth-order valence-corrected chi connectivity index (χ4v) is 3.34. The number of hydrogen-bond donors (Lipinski definition) is 0. The Morgan fingerprint density at radius 1 is 1.04 bits per heavy atom. The third-order valence-electron chi connectivity index (χ3n) is 4.88. The van der Waals surface area contributed by atoms with Crippen LogP contribution in [0.5, 0.6) is 0 Å². The van der Waals surface area contributed by atoms with Crippen LogP contribution in [0.2, 0.25) is 0 Å². The lowest BCUT2D eigenvalue weighted by molar-refractivity contribution is -0.147. The van der Waals surface area contributed by atoms with E-state index in [0.29, 0.717) is 18.5 Å². The van der Waals surface area contributed by atoms with Gasteiger partial charge in [-0.05, 0) is 37.1 Å². The highest BCUT2D eigenvalue weighted by Crippen LogP contribution is 2.20. The van der Waals surface area contributed by atoms with E-state index in [2.05, 4.69) is 0 Å². The fourth-order valence-electron chi connectivity index (χ4n) is 3.34. The molecule has 0 aliphatic carbocycles. The van der Waals surface area contributed by atoms with E-state index < -0.39 is 6.04 Å².